The molecule has 1 aromatic rings. The van der Waals surface area contributed by atoms with Crippen LogP contribution in [0.4, 0.5) is 0 Å². The molecule has 3 heteroatoms. The van der Waals surface area contributed by atoms with Crippen LogP contribution in [-0.2, 0) is 12.1 Å². The monoisotopic (exact) mass is 235 g/mol. The zero-order valence-electron chi connectivity index (χ0n) is 11.4. The van der Waals surface area contributed by atoms with Gasteiger partial charge in [-0.2, -0.15) is 5.10 Å². The van der Waals surface area contributed by atoms with Gasteiger partial charge in [-0.05, 0) is 37.5 Å². The third-order valence-electron chi connectivity index (χ3n) is 4.16. The summed E-state index contributed by atoms with van der Waals surface area (Å²) < 4.78 is 2.02. The predicted molar refractivity (Wildman–Crippen MR) is 70.6 cm³/mol. The van der Waals surface area contributed by atoms with Crippen LogP contribution in [0.2, 0.25) is 0 Å². The van der Waals surface area contributed by atoms with Crippen molar-refractivity contribution in [2.24, 2.45) is 11.1 Å². The molecule has 0 aromatic carbocycles. The van der Waals surface area contributed by atoms with Crippen LogP contribution in [0.1, 0.15) is 58.4 Å². The lowest BCUT2D eigenvalue weighted by atomic mass is 9.68. The molecule has 17 heavy (non-hydrogen) atoms. The van der Waals surface area contributed by atoms with E-state index in [-0.39, 0.29) is 5.54 Å². The molecule has 0 atom stereocenters. The van der Waals surface area contributed by atoms with Crippen LogP contribution in [0.5, 0.6) is 0 Å². The molecule has 1 aliphatic rings. The van der Waals surface area contributed by atoms with Gasteiger partial charge in [-0.25, -0.2) is 0 Å². The van der Waals surface area contributed by atoms with Gasteiger partial charge in [0.15, 0.2) is 0 Å². The van der Waals surface area contributed by atoms with Crippen LogP contribution in [0, 0.1) is 5.41 Å². The number of nitrogens with two attached hydrogens (primary N) is 1. The van der Waals surface area contributed by atoms with Crippen molar-refractivity contribution in [3.63, 3.8) is 0 Å². The number of hydrogen-bond acceptors (Lipinski definition) is 2. The van der Waals surface area contributed by atoms with Gasteiger partial charge in [0.05, 0.1) is 6.20 Å². The first-order valence-electron chi connectivity index (χ1n) is 6.77. The number of nitrogens with zero attached hydrogens (tertiary/aromatic N) is 2. The summed E-state index contributed by atoms with van der Waals surface area (Å²) >= 11 is 0. The number of aromatic nitrogens is 2. The highest BCUT2D eigenvalue weighted by molar-refractivity contribution is 5.19. The topological polar surface area (TPSA) is 43.8 Å². The molecule has 1 saturated carbocycles. The quantitative estimate of drug-likeness (QED) is 0.875. The Morgan fingerprint density at radius 3 is 2.53 bits per heavy atom. The molecular weight excluding hydrogens is 210 g/mol. The van der Waals surface area contributed by atoms with E-state index in [1.54, 1.807) is 0 Å². The second kappa shape index (κ2) is 4.45. The molecule has 0 bridgehead atoms. The molecule has 3 nitrogen and oxygen atoms in total. The van der Waals surface area contributed by atoms with E-state index < -0.39 is 0 Å². The highest BCUT2D eigenvalue weighted by atomic mass is 15.3. The second-order valence-electron chi connectivity index (χ2n) is 6.31. The van der Waals surface area contributed by atoms with Crippen LogP contribution in [0.15, 0.2) is 12.4 Å². The number of rotatable bonds is 3. The molecule has 0 saturated heterocycles. The molecule has 0 spiro atoms. The Morgan fingerprint density at radius 1 is 1.29 bits per heavy atom. The van der Waals surface area contributed by atoms with E-state index in [1.807, 2.05) is 10.9 Å². The first-order valence-corrected chi connectivity index (χ1v) is 6.77. The van der Waals surface area contributed by atoms with Gasteiger partial charge in [0.2, 0.25) is 0 Å². The second-order valence-corrected chi connectivity index (χ2v) is 6.31. The molecule has 1 heterocycles. The van der Waals surface area contributed by atoms with E-state index in [9.17, 15) is 0 Å². The Hall–Kier alpha value is -0.830. The molecule has 2 rings (SSSR count). The average molecular weight is 235 g/mol. The van der Waals surface area contributed by atoms with Gasteiger partial charge in [0.25, 0.3) is 0 Å². The van der Waals surface area contributed by atoms with Crippen molar-refractivity contribution in [2.75, 3.05) is 0 Å². The van der Waals surface area contributed by atoms with E-state index in [2.05, 4.69) is 32.1 Å². The SMILES string of the molecule is CCCn1cc(C2(N)CCC(C)(C)CC2)cn1. The minimum absolute atomic E-state index is 0.137. The van der Waals surface area contributed by atoms with Crippen molar-refractivity contribution in [3.05, 3.63) is 18.0 Å². The summed E-state index contributed by atoms with van der Waals surface area (Å²) in [5.74, 6) is 0. The maximum Gasteiger partial charge on any atom is 0.0540 e. The van der Waals surface area contributed by atoms with Gasteiger partial charge >= 0.3 is 0 Å². The summed E-state index contributed by atoms with van der Waals surface area (Å²) in [7, 11) is 0. The summed E-state index contributed by atoms with van der Waals surface area (Å²) in [5.41, 5.74) is 8.10. The van der Waals surface area contributed by atoms with Crippen molar-refractivity contribution in [2.45, 2.75) is 65.0 Å². The molecule has 1 fully saturated rings. The molecule has 0 amide bonds. The normalized spacial score (nSPS) is 22.6. The van der Waals surface area contributed by atoms with Crippen LogP contribution in [0.3, 0.4) is 0 Å². The van der Waals surface area contributed by atoms with Gasteiger partial charge in [0, 0.05) is 23.8 Å². The van der Waals surface area contributed by atoms with Gasteiger partial charge in [-0.3, -0.25) is 4.68 Å². The fourth-order valence-corrected chi connectivity index (χ4v) is 2.63. The smallest absolute Gasteiger partial charge is 0.0540 e. The van der Waals surface area contributed by atoms with Crippen molar-refractivity contribution in [1.82, 2.24) is 9.78 Å². The molecule has 0 aliphatic heterocycles. The average Bonchev–Trinajstić information content (AvgIpc) is 2.73. The molecule has 0 radical (unpaired) electrons. The predicted octanol–water partition coefficient (Wildman–Crippen LogP) is 3.05. The van der Waals surface area contributed by atoms with Gasteiger partial charge in [0.1, 0.15) is 0 Å². The summed E-state index contributed by atoms with van der Waals surface area (Å²) in [4.78, 5) is 0. The summed E-state index contributed by atoms with van der Waals surface area (Å²) in [6.07, 6.45) is 9.81. The molecule has 96 valence electrons. The van der Waals surface area contributed by atoms with E-state index in [0.29, 0.717) is 5.41 Å². The van der Waals surface area contributed by atoms with E-state index in [1.165, 1.54) is 18.4 Å². The summed E-state index contributed by atoms with van der Waals surface area (Å²) in [5, 5.41) is 4.40. The van der Waals surface area contributed by atoms with Crippen molar-refractivity contribution >= 4 is 0 Å². The molecule has 2 N–H and O–H groups in total. The van der Waals surface area contributed by atoms with Crippen molar-refractivity contribution < 1.29 is 0 Å². The van der Waals surface area contributed by atoms with Crippen LogP contribution >= 0.6 is 0 Å². The van der Waals surface area contributed by atoms with E-state index >= 15 is 0 Å². The third kappa shape index (κ3) is 2.71. The largest absolute Gasteiger partial charge is 0.321 e. The zero-order chi connectivity index (χ0) is 12.5. The van der Waals surface area contributed by atoms with Crippen molar-refractivity contribution in [3.8, 4) is 0 Å². The minimum Gasteiger partial charge on any atom is -0.321 e. The molecule has 0 unspecified atom stereocenters. The maximum absolute atomic E-state index is 6.56. The zero-order valence-corrected chi connectivity index (χ0v) is 11.4. The first kappa shape index (κ1) is 12.6. The van der Waals surface area contributed by atoms with Gasteiger partial charge in [-0.15, -0.1) is 0 Å². The van der Waals surface area contributed by atoms with Crippen LogP contribution in [0.25, 0.3) is 0 Å². The van der Waals surface area contributed by atoms with E-state index in [4.69, 9.17) is 5.73 Å². The standard InChI is InChI=1S/C14H25N3/c1-4-9-17-11-12(10-16-17)14(15)7-5-13(2,3)6-8-14/h10-11H,4-9,15H2,1-3H3. The number of aryl methyl sites for hydroxylation is 1. The van der Waals surface area contributed by atoms with E-state index in [0.717, 1.165) is 25.8 Å². The lowest BCUT2D eigenvalue weighted by Gasteiger charge is -2.40. The fraction of sp³-hybridized carbons (Fsp3) is 0.786. The molecular formula is C14H25N3. The Balaban J connectivity index is 2.10. The Kier molecular flexibility index (Phi) is 3.30. The van der Waals surface area contributed by atoms with Gasteiger partial charge in [-0.1, -0.05) is 20.8 Å². The van der Waals surface area contributed by atoms with Crippen LogP contribution < -0.4 is 5.73 Å². The Morgan fingerprint density at radius 2 is 1.94 bits per heavy atom. The molecule has 1 aromatic heterocycles. The van der Waals surface area contributed by atoms with Crippen molar-refractivity contribution in [1.29, 1.82) is 0 Å². The number of hydrogen-bond donors (Lipinski definition) is 1. The lowest BCUT2D eigenvalue weighted by Crippen LogP contribution is -2.42. The minimum atomic E-state index is -0.137. The Labute approximate surface area is 104 Å². The maximum atomic E-state index is 6.56. The summed E-state index contributed by atoms with van der Waals surface area (Å²) in [6.45, 7) is 7.84. The highest BCUT2D eigenvalue weighted by Crippen LogP contribution is 2.43. The highest BCUT2D eigenvalue weighted by Gasteiger charge is 2.37. The Bertz CT molecular complexity index is 369. The third-order valence-corrected chi connectivity index (χ3v) is 4.16. The molecule has 1 aliphatic carbocycles. The first-order chi connectivity index (χ1) is 7.95. The summed E-state index contributed by atoms with van der Waals surface area (Å²) in [6, 6.07) is 0. The van der Waals surface area contributed by atoms with Crippen LogP contribution in [-0.4, -0.2) is 9.78 Å². The lowest BCUT2D eigenvalue weighted by molar-refractivity contribution is 0.165. The van der Waals surface area contributed by atoms with Gasteiger partial charge < -0.3 is 5.73 Å². The fourth-order valence-electron chi connectivity index (χ4n) is 2.63.